The number of hydrogen-bond acceptors (Lipinski definition) is 6. The maximum Gasteiger partial charge on any atom is 0.163 e. The third-order valence-electron chi connectivity index (χ3n) is 6.89. The van der Waals surface area contributed by atoms with Crippen molar-refractivity contribution in [3.63, 3.8) is 0 Å². The van der Waals surface area contributed by atoms with Gasteiger partial charge in [0.05, 0.1) is 12.5 Å². The fourth-order valence-electron chi connectivity index (χ4n) is 4.67. The Balaban J connectivity index is 1.58. The third kappa shape index (κ3) is 9.62. The molecule has 1 aliphatic rings. The van der Waals surface area contributed by atoms with Crippen LogP contribution in [0.3, 0.4) is 0 Å². The van der Waals surface area contributed by atoms with Crippen molar-refractivity contribution in [3.8, 4) is 11.5 Å². The Morgan fingerprint density at radius 2 is 1.48 bits per heavy atom. The van der Waals surface area contributed by atoms with Crippen molar-refractivity contribution in [3.05, 3.63) is 95.1 Å². The van der Waals surface area contributed by atoms with Crippen LogP contribution in [0.25, 0.3) is 12.2 Å². The number of ether oxygens (including phenoxy) is 1. The molecule has 2 N–H and O–H groups in total. The maximum absolute atomic E-state index is 12.4. The van der Waals surface area contributed by atoms with Crippen LogP contribution in [-0.2, 0) is 14.4 Å². The van der Waals surface area contributed by atoms with E-state index in [9.17, 15) is 24.6 Å². The third-order valence-corrected chi connectivity index (χ3v) is 6.89. The van der Waals surface area contributed by atoms with E-state index in [1.54, 1.807) is 30.4 Å². The summed E-state index contributed by atoms with van der Waals surface area (Å²) in [5, 5.41) is 19.8. The number of rotatable bonds is 12. The SMILES string of the molecule is CC(C)=CC(=O)CC(C)C1CC(O)C(C)=CC1Oc1ccc(/C=C/C(=O)CC(=O)/C=C/c2ccc(O)cc2)cc1. The average Bonchev–Trinajstić information content (AvgIpc) is 2.89. The van der Waals surface area contributed by atoms with Crippen LogP contribution in [0.15, 0.2) is 84.0 Å². The van der Waals surface area contributed by atoms with Gasteiger partial charge in [0, 0.05) is 12.3 Å². The molecule has 0 aromatic heterocycles. The second-order valence-corrected chi connectivity index (χ2v) is 10.7. The first-order valence-corrected chi connectivity index (χ1v) is 13.5. The highest BCUT2D eigenvalue weighted by Gasteiger charge is 2.34. The highest BCUT2D eigenvalue weighted by molar-refractivity contribution is 6.10. The van der Waals surface area contributed by atoms with Crippen LogP contribution in [0.5, 0.6) is 11.5 Å². The summed E-state index contributed by atoms with van der Waals surface area (Å²) in [6, 6.07) is 13.7. The van der Waals surface area contributed by atoms with E-state index in [4.69, 9.17) is 4.74 Å². The zero-order valence-corrected chi connectivity index (χ0v) is 23.5. The molecule has 210 valence electrons. The minimum Gasteiger partial charge on any atom is -0.508 e. The Hall–Kier alpha value is -4.03. The smallest absolute Gasteiger partial charge is 0.163 e. The molecule has 0 radical (unpaired) electrons. The lowest BCUT2D eigenvalue weighted by Gasteiger charge is -2.36. The molecule has 0 saturated heterocycles. The minimum atomic E-state index is -0.550. The Kier molecular flexibility index (Phi) is 11.0. The van der Waals surface area contributed by atoms with Crippen molar-refractivity contribution in [2.45, 2.75) is 59.2 Å². The molecule has 6 nitrogen and oxygen atoms in total. The van der Waals surface area contributed by atoms with E-state index < -0.39 is 6.10 Å². The molecular weight excluding hydrogens is 504 g/mol. The Labute approximate surface area is 236 Å². The van der Waals surface area contributed by atoms with Gasteiger partial charge >= 0.3 is 0 Å². The lowest BCUT2D eigenvalue weighted by Crippen LogP contribution is -2.38. The second kappa shape index (κ2) is 14.4. The highest BCUT2D eigenvalue weighted by Crippen LogP contribution is 2.34. The van der Waals surface area contributed by atoms with Crippen LogP contribution >= 0.6 is 0 Å². The molecule has 0 amide bonds. The van der Waals surface area contributed by atoms with E-state index in [1.165, 1.54) is 24.3 Å². The number of carbonyl (C=O) groups is 3. The number of phenolic OH excluding ortho intramolecular Hbond substituents is 1. The van der Waals surface area contributed by atoms with Gasteiger partial charge in [-0.05, 0) is 98.4 Å². The lowest BCUT2D eigenvalue weighted by molar-refractivity contribution is -0.122. The molecule has 40 heavy (non-hydrogen) atoms. The van der Waals surface area contributed by atoms with Crippen LogP contribution in [0, 0.1) is 11.8 Å². The Morgan fingerprint density at radius 3 is 2.02 bits per heavy atom. The Morgan fingerprint density at radius 1 is 0.925 bits per heavy atom. The van der Waals surface area contributed by atoms with Gasteiger partial charge in [0.25, 0.3) is 0 Å². The van der Waals surface area contributed by atoms with Crippen molar-refractivity contribution in [2.24, 2.45) is 11.8 Å². The average molecular weight is 543 g/mol. The van der Waals surface area contributed by atoms with E-state index >= 15 is 0 Å². The lowest BCUT2D eigenvalue weighted by atomic mass is 9.76. The van der Waals surface area contributed by atoms with Crippen LogP contribution in [0.2, 0.25) is 0 Å². The first-order chi connectivity index (χ1) is 19.0. The Bertz CT molecular complexity index is 1310. The van der Waals surface area contributed by atoms with Crippen molar-refractivity contribution < 1.29 is 29.3 Å². The van der Waals surface area contributed by atoms with E-state index in [0.717, 1.165) is 22.3 Å². The topological polar surface area (TPSA) is 101 Å². The van der Waals surface area contributed by atoms with Crippen LogP contribution in [-0.4, -0.2) is 39.8 Å². The molecule has 4 atom stereocenters. The van der Waals surface area contributed by atoms with Crippen molar-refractivity contribution in [1.82, 2.24) is 0 Å². The number of ketones is 3. The number of allylic oxidation sites excluding steroid dienone is 4. The number of aromatic hydroxyl groups is 1. The summed E-state index contributed by atoms with van der Waals surface area (Å²) in [5.74, 6) is 0.265. The van der Waals surface area contributed by atoms with Crippen molar-refractivity contribution >= 4 is 29.5 Å². The maximum atomic E-state index is 12.4. The first kappa shape index (κ1) is 30.5. The zero-order valence-electron chi connectivity index (χ0n) is 23.5. The van der Waals surface area contributed by atoms with Gasteiger partial charge in [0.1, 0.15) is 17.6 Å². The molecule has 0 heterocycles. The van der Waals surface area contributed by atoms with Crippen LogP contribution in [0.4, 0.5) is 0 Å². The van der Waals surface area contributed by atoms with Crippen molar-refractivity contribution in [1.29, 1.82) is 0 Å². The van der Waals surface area contributed by atoms with Gasteiger partial charge in [-0.2, -0.15) is 0 Å². The molecule has 0 bridgehead atoms. The number of aliphatic hydroxyl groups excluding tert-OH is 1. The quantitative estimate of drug-likeness (QED) is 0.186. The zero-order chi connectivity index (χ0) is 29.2. The minimum absolute atomic E-state index is 0.0222. The fraction of sp³-hybridized carbons (Fsp3) is 0.324. The summed E-state index contributed by atoms with van der Waals surface area (Å²) in [6.07, 6.45) is 9.47. The van der Waals surface area contributed by atoms with Gasteiger partial charge in [0.2, 0.25) is 0 Å². The summed E-state index contributed by atoms with van der Waals surface area (Å²) >= 11 is 0. The number of hydrogen-bond donors (Lipinski definition) is 2. The summed E-state index contributed by atoms with van der Waals surface area (Å²) < 4.78 is 6.30. The summed E-state index contributed by atoms with van der Waals surface area (Å²) in [4.78, 5) is 36.7. The number of aliphatic hydroxyl groups is 1. The van der Waals surface area contributed by atoms with Crippen LogP contribution < -0.4 is 4.74 Å². The van der Waals surface area contributed by atoms with Crippen molar-refractivity contribution in [2.75, 3.05) is 0 Å². The first-order valence-electron chi connectivity index (χ1n) is 13.5. The van der Waals surface area contributed by atoms with Gasteiger partial charge in [-0.3, -0.25) is 14.4 Å². The molecule has 3 rings (SSSR count). The van der Waals surface area contributed by atoms with Gasteiger partial charge in [-0.25, -0.2) is 0 Å². The van der Waals surface area contributed by atoms with E-state index in [-0.39, 0.29) is 47.5 Å². The summed E-state index contributed by atoms with van der Waals surface area (Å²) in [6.45, 7) is 7.71. The monoisotopic (exact) mass is 542 g/mol. The molecule has 0 spiro atoms. The molecule has 1 aliphatic carbocycles. The number of benzene rings is 2. The molecule has 4 unspecified atom stereocenters. The van der Waals surface area contributed by atoms with E-state index in [0.29, 0.717) is 18.6 Å². The highest BCUT2D eigenvalue weighted by atomic mass is 16.5. The molecule has 2 aromatic rings. The van der Waals surface area contributed by atoms with Gasteiger partial charge in [-0.15, -0.1) is 0 Å². The number of phenols is 1. The predicted octanol–water partition coefficient (Wildman–Crippen LogP) is 6.28. The van der Waals surface area contributed by atoms with Gasteiger partial charge in [0.15, 0.2) is 17.3 Å². The molecule has 2 aromatic carbocycles. The molecular formula is C34H38O6. The normalized spacial score (nSPS) is 19.7. The van der Waals surface area contributed by atoms with E-state index in [1.807, 2.05) is 58.0 Å². The van der Waals surface area contributed by atoms with E-state index in [2.05, 4.69) is 0 Å². The second-order valence-electron chi connectivity index (χ2n) is 10.7. The summed E-state index contributed by atoms with van der Waals surface area (Å²) in [7, 11) is 0. The van der Waals surface area contributed by atoms with Gasteiger partial charge < -0.3 is 14.9 Å². The largest absolute Gasteiger partial charge is 0.508 e. The summed E-state index contributed by atoms with van der Waals surface area (Å²) in [5.41, 5.74) is 3.37. The fourth-order valence-corrected chi connectivity index (χ4v) is 4.67. The molecule has 0 saturated carbocycles. The predicted molar refractivity (Wildman–Crippen MR) is 158 cm³/mol. The standard InChI is InChI=1S/C34H38O6/c1-22(2)17-30(38)18-23(3)32-21-33(39)24(4)19-34(32)40-31-15-9-26(10-16-31)8-14-29(37)20-28(36)13-7-25-5-11-27(35)12-6-25/h5-17,19,23,32-35,39H,18,20-21H2,1-4H3/b13-7+,14-8+. The molecule has 0 aliphatic heterocycles. The molecule has 0 fully saturated rings. The molecule has 6 heteroatoms. The van der Waals surface area contributed by atoms with Gasteiger partial charge in [-0.1, -0.05) is 48.9 Å². The van der Waals surface area contributed by atoms with Crippen LogP contribution in [0.1, 0.15) is 58.1 Å². The number of carbonyl (C=O) groups excluding carboxylic acids is 3.